The van der Waals surface area contributed by atoms with Gasteiger partial charge in [0.1, 0.15) is 12.7 Å². The second-order valence-electron chi connectivity index (χ2n) is 14.8. The predicted molar refractivity (Wildman–Crippen MR) is 223 cm³/mol. The molecule has 338 valence electrons. The van der Waals surface area contributed by atoms with Crippen LogP contribution in [-0.4, -0.2) is 92.8 Å². The average Bonchev–Trinajstić information content (AvgIpc) is 3.15. The van der Waals surface area contributed by atoms with Crippen LogP contribution in [0, 0.1) is 5.92 Å². The molecule has 0 saturated carbocycles. The van der Waals surface area contributed by atoms with Crippen LogP contribution in [0.2, 0.25) is 0 Å². The van der Waals surface area contributed by atoms with Crippen molar-refractivity contribution in [1.82, 2.24) is 0 Å². The van der Waals surface area contributed by atoms with E-state index in [0.717, 1.165) is 57.3 Å². The van der Waals surface area contributed by atoms with E-state index in [4.69, 9.17) is 23.8 Å². The van der Waals surface area contributed by atoms with Crippen LogP contribution < -0.4 is 0 Å². The van der Waals surface area contributed by atoms with Crippen LogP contribution in [0.1, 0.15) is 143 Å². The average molecular weight is 869 g/mol. The van der Waals surface area contributed by atoms with Gasteiger partial charge in [-0.05, 0) is 38.0 Å². The number of esters is 2. The molecule has 0 aliphatic heterocycles. The maximum absolute atomic E-state index is 12.6. The van der Waals surface area contributed by atoms with E-state index in [1.54, 1.807) is 24.3 Å². The third-order valence-corrected chi connectivity index (χ3v) is 10.0. The first-order valence-corrected chi connectivity index (χ1v) is 23.9. The lowest BCUT2D eigenvalue weighted by atomic mass is 10.0. The Morgan fingerprint density at radius 3 is 1.66 bits per heavy atom. The molecule has 0 aromatic heterocycles. The Labute approximate surface area is 346 Å². The van der Waals surface area contributed by atoms with Crippen LogP contribution in [0.4, 0.5) is 0 Å². The molecule has 0 saturated heterocycles. The first kappa shape index (κ1) is 56.0. The van der Waals surface area contributed by atoms with Gasteiger partial charge in [-0.25, -0.2) is 9.13 Å². The lowest BCUT2D eigenvalue weighted by Gasteiger charge is -2.20. The Kier molecular flexibility index (Phi) is 34.5. The van der Waals surface area contributed by atoms with Gasteiger partial charge in [0.25, 0.3) is 0 Å². The third kappa shape index (κ3) is 39.5. The molecule has 0 aromatic carbocycles. The van der Waals surface area contributed by atoms with E-state index in [-0.39, 0.29) is 19.3 Å². The summed E-state index contributed by atoms with van der Waals surface area (Å²) in [5, 5.41) is 29.9. The number of carbonyl (C=O) groups is 2. The molecule has 0 aromatic rings. The fourth-order valence-corrected chi connectivity index (χ4v) is 6.49. The zero-order valence-corrected chi connectivity index (χ0v) is 36.8. The normalized spacial score (nSPS) is 15.8. The topological polar surface area (TPSA) is 236 Å². The fourth-order valence-electron chi connectivity index (χ4n) is 5.33. The van der Waals surface area contributed by atoms with Crippen molar-refractivity contribution >= 4 is 27.6 Å². The molecule has 1 unspecified atom stereocenters. The molecule has 0 bridgehead atoms. The van der Waals surface area contributed by atoms with Crippen LogP contribution in [0.5, 0.6) is 0 Å². The highest BCUT2D eigenvalue weighted by atomic mass is 31.2. The maximum atomic E-state index is 12.6. The molecule has 5 atom stereocenters. The van der Waals surface area contributed by atoms with Crippen molar-refractivity contribution < 1.29 is 71.8 Å². The summed E-state index contributed by atoms with van der Waals surface area (Å²) in [4.78, 5) is 52.6. The number of unbranched alkanes of at least 4 members (excludes halogenated alkanes) is 10. The van der Waals surface area contributed by atoms with E-state index >= 15 is 0 Å². The second-order valence-corrected chi connectivity index (χ2v) is 17.5. The van der Waals surface area contributed by atoms with Crippen molar-refractivity contribution in [3.63, 3.8) is 0 Å². The van der Waals surface area contributed by atoms with Crippen LogP contribution in [-0.2, 0) is 41.8 Å². The highest BCUT2D eigenvalue weighted by Crippen LogP contribution is 2.43. The molecule has 0 rings (SSSR count). The Morgan fingerprint density at radius 1 is 0.586 bits per heavy atom. The number of ether oxygens (including phenoxy) is 2. The largest absolute Gasteiger partial charge is 0.472 e. The summed E-state index contributed by atoms with van der Waals surface area (Å²) in [5.41, 5.74) is 0. The standard InChI is InChI=1S/C41H74O15P2/c1-4-5-18-25-36(42)26-20-15-11-9-12-16-21-27-37(43)28-23-30-40(45)52-33-39(34-55-58(50,51)54-32-38(44)31-53-57(47,48)49)56-41(46)29-22-17-13-8-6-7-10-14-19-24-35(2)3/h11-12,15-16,20-21,26-27,35-39,42-44H,4-10,13-14,17-19,22-25,28-34H2,1-3H3,(H,50,51)(H2,47,48,49)/b15-11-,16-12-,26-20+,27-21+/t36-,37-,38-,39+/m0/s1. The van der Waals surface area contributed by atoms with E-state index in [1.165, 1.54) is 32.1 Å². The third-order valence-electron chi connectivity index (χ3n) is 8.60. The summed E-state index contributed by atoms with van der Waals surface area (Å²) in [7, 11) is -9.74. The van der Waals surface area contributed by atoms with Gasteiger partial charge in [0.2, 0.25) is 0 Å². The number of phosphoric acid groups is 2. The van der Waals surface area contributed by atoms with Crippen LogP contribution >= 0.6 is 15.6 Å². The van der Waals surface area contributed by atoms with Crippen LogP contribution in [0.15, 0.2) is 48.6 Å². The molecule has 0 aliphatic rings. The molecule has 17 heteroatoms. The first-order valence-electron chi connectivity index (χ1n) is 20.9. The number of hydrogen-bond donors (Lipinski definition) is 6. The molecule has 6 N–H and O–H groups in total. The van der Waals surface area contributed by atoms with Gasteiger partial charge in [0, 0.05) is 12.8 Å². The van der Waals surface area contributed by atoms with Crippen molar-refractivity contribution in [3.05, 3.63) is 48.6 Å². The molecule has 15 nitrogen and oxygen atoms in total. The van der Waals surface area contributed by atoms with Crippen molar-refractivity contribution in [2.24, 2.45) is 5.92 Å². The summed E-state index contributed by atoms with van der Waals surface area (Å²) in [5.74, 6) is -0.526. The zero-order valence-electron chi connectivity index (χ0n) is 35.0. The summed E-state index contributed by atoms with van der Waals surface area (Å²) in [6.45, 7) is 3.65. The number of rotatable bonds is 38. The van der Waals surface area contributed by atoms with E-state index in [1.807, 2.05) is 24.3 Å². The van der Waals surface area contributed by atoms with Crippen molar-refractivity contribution in [2.75, 3.05) is 26.4 Å². The molecule has 0 aliphatic carbocycles. The second kappa shape index (κ2) is 35.7. The number of hydrogen-bond acceptors (Lipinski definition) is 12. The van der Waals surface area contributed by atoms with Gasteiger partial charge in [-0.3, -0.25) is 23.2 Å². The fraction of sp³-hybridized carbons (Fsp3) is 0.756. The van der Waals surface area contributed by atoms with E-state index in [9.17, 15) is 38.9 Å². The lowest BCUT2D eigenvalue weighted by molar-refractivity contribution is -0.161. The number of carbonyl (C=O) groups excluding carboxylic acids is 2. The Balaban J connectivity index is 4.77. The molecule has 0 fully saturated rings. The Bertz CT molecular complexity index is 1260. The summed E-state index contributed by atoms with van der Waals surface area (Å²) < 4.78 is 47.5. The molecule has 0 heterocycles. The maximum Gasteiger partial charge on any atom is 0.472 e. The molecule has 0 radical (unpaired) electrons. The SMILES string of the molecule is CCCCC[C@H](O)/C=C/C=C\C/C=C\C=C\[C@H](O)CCCC(=O)OC[C@H](COP(=O)(O)OC[C@@H](O)COP(=O)(O)O)OC(=O)CCCCCCCCCCCC(C)C. The highest BCUT2D eigenvalue weighted by molar-refractivity contribution is 7.47. The lowest BCUT2D eigenvalue weighted by Crippen LogP contribution is -2.30. The van der Waals surface area contributed by atoms with Crippen molar-refractivity contribution in [1.29, 1.82) is 0 Å². The van der Waals surface area contributed by atoms with Crippen LogP contribution in [0.25, 0.3) is 0 Å². The Morgan fingerprint density at radius 2 is 1.09 bits per heavy atom. The summed E-state index contributed by atoms with van der Waals surface area (Å²) >= 11 is 0. The number of phosphoric ester groups is 2. The Hall–Kier alpha value is -2.00. The molecular formula is C41H74O15P2. The minimum Gasteiger partial charge on any atom is -0.462 e. The van der Waals surface area contributed by atoms with E-state index < -0.39 is 78.4 Å². The molecule has 0 spiro atoms. The monoisotopic (exact) mass is 868 g/mol. The van der Waals surface area contributed by atoms with Gasteiger partial charge in [0.05, 0.1) is 32.0 Å². The van der Waals surface area contributed by atoms with Gasteiger partial charge in [0.15, 0.2) is 6.10 Å². The van der Waals surface area contributed by atoms with Crippen LogP contribution in [0.3, 0.4) is 0 Å². The first-order chi connectivity index (χ1) is 27.5. The van der Waals surface area contributed by atoms with Crippen molar-refractivity contribution in [2.45, 2.75) is 167 Å². The minimum absolute atomic E-state index is 0.0536. The number of aliphatic hydroxyl groups is 3. The van der Waals surface area contributed by atoms with Gasteiger partial charge in [-0.2, -0.15) is 0 Å². The van der Waals surface area contributed by atoms with Gasteiger partial charge in [-0.15, -0.1) is 0 Å². The summed E-state index contributed by atoms with van der Waals surface area (Å²) in [6, 6.07) is 0. The van der Waals surface area contributed by atoms with E-state index in [0.29, 0.717) is 19.3 Å². The molecule has 0 amide bonds. The minimum atomic E-state index is -4.89. The van der Waals surface area contributed by atoms with E-state index in [2.05, 4.69) is 29.8 Å². The number of aliphatic hydroxyl groups excluding tert-OH is 3. The number of allylic oxidation sites excluding steroid dienone is 6. The zero-order chi connectivity index (χ0) is 43.5. The smallest absolute Gasteiger partial charge is 0.462 e. The van der Waals surface area contributed by atoms with Gasteiger partial charge in [-0.1, -0.05) is 146 Å². The molecule has 58 heavy (non-hydrogen) atoms. The predicted octanol–water partition coefficient (Wildman–Crippen LogP) is 8.08. The molecular weight excluding hydrogens is 794 g/mol. The van der Waals surface area contributed by atoms with Gasteiger partial charge >= 0.3 is 27.6 Å². The summed E-state index contributed by atoms with van der Waals surface area (Å²) in [6.07, 6.45) is 26.3. The van der Waals surface area contributed by atoms with Gasteiger partial charge < -0.3 is 39.5 Å². The highest BCUT2D eigenvalue weighted by Gasteiger charge is 2.28. The quantitative estimate of drug-likeness (QED) is 0.0149. The van der Waals surface area contributed by atoms with Crippen molar-refractivity contribution in [3.8, 4) is 0 Å².